The number of hydrogen-bond donors (Lipinski definition) is 0. The van der Waals surface area contributed by atoms with Gasteiger partial charge in [-0.25, -0.2) is 0 Å². The van der Waals surface area contributed by atoms with Gasteiger partial charge in [0, 0.05) is 13.3 Å². The van der Waals surface area contributed by atoms with Crippen molar-refractivity contribution in [2.45, 2.75) is 59.3 Å². The topological polar surface area (TPSA) is 37.4 Å². The minimum Gasteiger partial charge on any atom is -0.274 e. The van der Waals surface area contributed by atoms with E-state index in [0.717, 1.165) is 6.42 Å². The maximum Gasteiger partial charge on any atom is 0.233 e. The molecule has 1 aromatic carbocycles. The van der Waals surface area contributed by atoms with E-state index in [1.54, 1.807) is 6.92 Å². The molecule has 110 valence electrons. The largest absolute Gasteiger partial charge is 0.274 e. The fourth-order valence-electron chi connectivity index (χ4n) is 2.23. The fourth-order valence-corrected chi connectivity index (χ4v) is 2.23. The Morgan fingerprint density at radius 2 is 1.65 bits per heavy atom. The van der Waals surface area contributed by atoms with Crippen molar-refractivity contribution in [1.82, 2.24) is 0 Å². The van der Waals surface area contributed by atoms with Crippen LogP contribution in [0.2, 0.25) is 0 Å². The minimum absolute atomic E-state index is 0.159. The third-order valence-corrected chi connectivity index (χ3v) is 3.38. The van der Waals surface area contributed by atoms with Gasteiger partial charge in [0.15, 0.2) is 0 Å². The monoisotopic (exact) mass is 275 g/mol. The second-order valence-corrected chi connectivity index (χ2v) is 5.08. The second-order valence-electron chi connectivity index (χ2n) is 5.08. The Kier molecular flexibility index (Phi) is 6.99. The third-order valence-electron chi connectivity index (χ3n) is 3.38. The highest BCUT2D eigenvalue weighted by molar-refractivity contribution is 6.13. The van der Waals surface area contributed by atoms with E-state index in [-0.39, 0.29) is 11.8 Å². The first-order valence-electron chi connectivity index (χ1n) is 7.52. The average molecular weight is 275 g/mol. The van der Waals surface area contributed by atoms with Crippen molar-refractivity contribution in [1.29, 1.82) is 0 Å². The lowest BCUT2D eigenvalue weighted by atomic mass is 10.1. The molecule has 2 amide bonds. The summed E-state index contributed by atoms with van der Waals surface area (Å²) in [4.78, 5) is 24.6. The first-order valence-corrected chi connectivity index (χ1v) is 7.52. The lowest BCUT2D eigenvalue weighted by Gasteiger charge is -2.18. The number of nitrogens with zero attached hydrogens (tertiary/aromatic N) is 1. The molecule has 0 radical (unpaired) electrons. The van der Waals surface area contributed by atoms with Crippen LogP contribution in [0.5, 0.6) is 0 Å². The molecule has 0 heterocycles. The smallest absolute Gasteiger partial charge is 0.233 e. The van der Waals surface area contributed by atoms with Crippen LogP contribution in [0.25, 0.3) is 0 Å². The van der Waals surface area contributed by atoms with Crippen LogP contribution in [0.1, 0.15) is 58.4 Å². The lowest BCUT2D eigenvalue weighted by Crippen LogP contribution is -2.34. The zero-order valence-electron chi connectivity index (χ0n) is 12.8. The van der Waals surface area contributed by atoms with E-state index in [0.29, 0.717) is 12.1 Å². The van der Waals surface area contributed by atoms with Crippen LogP contribution in [0.4, 0.5) is 5.69 Å². The molecule has 0 spiro atoms. The predicted octanol–water partition coefficient (Wildman–Crippen LogP) is 4.10. The summed E-state index contributed by atoms with van der Waals surface area (Å²) in [6, 6.07) is 7.76. The fraction of sp³-hybridized carbons (Fsp3) is 0.529. The number of imide groups is 1. The van der Waals surface area contributed by atoms with E-state index in [1.165, 1.54) is 43.1 Å². The van der Waals surface area contributed by atoms with Gasteiger partial charge in [0.2, 0.25) is 11.8 Å². The Bertz CT molecular complexity index is 437. The van der Waals surface area contributed by atoms with Gasteiger partial charge in [-0.05, 0) is 30.5 Å². The molecule has 0 N–H and O–H groups in total. The number of benzene rings is 1. The molecule has 1 rings (SSSR count). The van der Waals surface area contributed by atoms with Crippen LogP contribution in [-0.4, -0.2) is 11.8 Å². The van der Waals surface area contributed by atoms with Gasteiger partial charge in [-0.15, -0.1) is 0 Å². The summed E-state index contributed by atoms with van der Waals surface area (Å²) in [5.74, 6) is -0.388. The highest BCUT2D eigenvalue weighted by atomic mass is 16.2. The van der Waals surface area contributed by atoms with E-state index in [2.05, 4.69) is 6.92 Å². The molecule has 0 aliphatic rings. The molecular weight excluding hydrogens is 250 g/mol. The van der Waals surface area contributed by atoms with Gasteiger partial charge >= 0.3 is 0 Å². The highest BCUT2D eigenvalue weighted by Gasteiger charge is 2.17. The van der Waals surface area contributed by atoms with Gasteiger partial charge in [0.05, 0.1) is 5.69 Å². The summed E-state index contributed by atoms with van der Waals surface area (Å²) in [6.07, 6.45) is 6.36. The van der Waals surface area contributed by atoms with Gasteiger partial charge in [-0.1, -0.05) is 45.2 Å². The predicted molar refractivity (Wildman–Crippen MR) is 82.7 cm³/mol. The van der Waals surface area contributed by atoms with Gasteiger partial charge in [0.1, 0.15) is 0 Å². The Morgan fingerprint density at radius 3 is 2.15 bits per heavy atom. The molecule has 3 heteroatoms. The van der Waals surface area contributed by atoms with Gasteiger partial charge < -0.3 is 0 Å². The Labute approximate surface area is 122 Å². The molecule has 0 bridgehead atoms. The summed E-state index contributed by atoms with van der Waals surface area (Å²) < 4.78 is 0. The molecular formula is C17H25NO2. The molecule has 0 fully saturated rings. The maximum atomic E-state index is 11.8. The first-order chi connectivity index (χ1) is 9.60. The minimum atomic E-state index is -0.229. The average Bonchev–Trinajstić information content (AvgIpc) is 2.44. The number of carbonyl (C=O) groups excluding carboxylic acids is 2. The number of anilines is 1. The van der Waals surface area contributed by atoms with E-state index >= 15 is 0 Å². The van der Waals surface area contributed by atoms with Crippen molar-refractivity contribution in [3.63, 3.8) is 0 Å². The van der Waals surface area contributed by atoms with Gasteiger partial charge in [-0.3, -0.25) is 14.5 Å². The third kappa shape index (κ3) is 4.80. The van der Waals surface area contributed by atoms with Crippen LogP contribution < -0.4 is 4.90 Å². The van der Waals surface area contributed by atoms with Crippen molar-refractivity contribution in [3.05, 3.63) is 29.8 Å². The van der Waals surface area contributed by atoms with Crippen LogP contribution in [0, 0.1) is 0 Å². The summed E-state index contributed by atoms with van der Waals surface area (Å²) in [5.41, 5.74) is 1.93. The second kappa shape index (κ2) is 8.51. The SMILES string of the molecule is CCCCCCc1ccc(N(C(C)=O)C(=O)CC)cc1. The molecule has 0 saturated carbocycles. The zero-order valence-corrected chi connectivity index (χ0v) is 12.8. The Balaban J connectivity index is 2.68. The number of aryl methyl sites for hydroxylation is 1. The molecule has 0 saturated heterocycles. The first kappa shape index (κ1) is 16.4. The van der Waals surface area contributed by atoms with Crippen LogP contribution in [-0.2, 0) is 16.0 Å². The molecule has 0 unspecified atom stereocenters. The van der Waals surface area contributed by atoms with Crippen molar-refractivity contribution in [2.75, 3.05) is 4.90 Å². The molecule has 0 atom stereocenters. The quantitative estimate of drug-likeness (QED) is 0.703. The molecule has 0 aromatic heterocycles. The number of carbonyl (C=O) groups is 2. The summed E-state index contributed by atoms with van der Waals surface area (Å²) >= 11 is 0. The molecule has 1 aromatic rings. The Morgan fingerprint density at radius 1 is 1.00 bits per heavy atom. The molecule has 0 aliphatic carbocycles. The van der Waals surface area contributed by atoms with Crippen LogP contribution in [0.3, 0.4) is 0 Å². The maximum absolute atomic E-state index is 11.8. The molecule has 0 aliphatic heterocycles. The normalized spacial score (nSPS) is 10.3. The van der Waals surface area contributed by atoms with Crippen molar-refractivity contribution >= 4 is 17.5 Å². The van der Waals surface area contributed by atoms with E-state index < -0.39 is 0 Å². The van der Waals surface area contributed by atoms with Gasteiger partial charge in [0.25, 0.3) is 0 Å². The number of amides is 2. The van der Waals surface area contributed by atoms with Crippen LogP contribution in [0.15, 0.2) is 24.3 Å². The highest BCUT2D eigenvalue weighted by Crippen LogP contribution is 2.18. The van der Waals surface area contributed by atoms with Crippen LogP contribution >= 0.6 is 0 Å². The molecule has 20 heavy (non-hydrogen) atoms. The summed E-state index contributed by atoms with van der Waals surface area (Å²) in [6.45, 7) is 5.39. The summed E-state index contributed by atoms with van der Waals surface area (Å²) in [5, 5.41) is 0. The van der Waals surface area contributed by atoms with Crippen molar-refractivity contribution in [3.8, 4) is 0 Å². The van der Waals surface area contributed by atoms with Crippen molar-refractivity contribution < 1.29 is 9.59 Å². The standard InChI is InChI=1S/C17H25NO2/c1-4-6-7-8-9-15-10-12-16(13-11-15)18(14(3)19)17(20)5-2/h10-13H,4-9H2,1-3H3. The zero-order chi connectivity index (χ0) is 15.0. The van der Waals surface area contributed by atoms with Gasteiger partial charge in [-0.2, -0.15) is 0 Å². The lowest BCUT2D eigenvalue weighted by molar-refractivity contribution is -0.125. The number of unbranched alkanes of at least 4 members (excludes halogenated alkanes) is 3. The van der Waals surface area contributed by atoms with Crippen molar-refractivity contribution in [2.24, 2.45) is 0 Å². The van der Waals surface area contributed by atoms with E-state index in [1.807, 2.05) is 24.3 Å². The number of rotatable bonds is 7. The Hall–Kier alpha value is -1.64. The van der Waals surface area contributed by atoms with E-state index in [9.17, 15) is 9.59 Å². The van der Waals surface area contributed by atoms with E-state index in [4.69, 9.17) is 0 Å². The number of hydrogen-bond acceptors (Lipinski definition) is 2. The molecule has 3 nitrogen and oxygen atoms in total. The summed E-state index contributed by atoms with van der Waals surface area (Å²) in [7, 11) is 0.